The first-order chi connectivity index (χ1) is 14.2. The molecular formula is C22H20O8. The van der Waals surface area contributed by atoms with E-state index < -0.39 is 23.9 Å². The smallest absolute Gasteiger partial charge is 0.374 e. The van der Waals surface area contributed by atoms with E-state index in [1.807, 2.05) is 6.07 Å². The Kier molecular flexibility index (Phi) is 7.87. The second kappa shape index (κ2) is 10.6. The molecule has 0 fully saturated rings. The Bertz CT molecular complexity index is 976. The van der Waals surface area contributed by atoms with Crippen molar-refractivity contribution < 1.29 is 38.1 Å². The molecule has 2 aromatic carbocycles. The molecule has 0 aliphatic heterocycles. The number of ether oxygens (including phenoxy) is 4. The average molecular weight is 412 g/mol. The molecule has 0 saturated heterocycles. The number of esters is 4. The van der Waals surface area contributed by atoms with Crippen LogP contribution in [-0.4, -0.2) is 23.9 Å². The van der Waals surface area contributed by atoms with E-state index in [0.717, 1.165) is 12.5 Å². The minimum Gasteiger partial charge on any atom is -0.455 e. The number of hydrogen-bond donors (Lipinski definition) is 0. The molecule has 0 aromatic heterocycles. The van der Waals surface area contributed by atoms with E-state index in [1.54, 1.807) is 24.3 Å². The van der Waals surface area contributed by atoms with Crippen molar-refractivity contribution in [3.63, 3.8) is 0 Å². The SMILES string of the molecule is CC(=O)O/C(=C\c1ccc(OC(C)=O)c(OC(C)=O)c1)C(=O)OCc1ccccc1. The van der Waals surface area contributed by atoms with Gasteiger partial charge in [0.2, 0.25) is 5.76 Å². The normalized spacial score (nSPS) is 10.7. The van der Waals surface area contributed by atoms with Crippen LogP contribution < -0.4 is 9.47 Å². The van der Waals surface area contributed by atoms with Crippen molar-refractivity contribution in [1.82, 2.24) is 0 Å². The summed E-state index contributed by atoms with van der Waals surface area (Å²) in [7, 11) is 0. The molecule has 2 rings (SSSR count). The lowest BCUT2D eigenvalue weighted by Gasteiger charge is -2.11. The highest BCUT2D eigenvalue weighted by atomic mass is 16.6. The van der Waals surface area contributed by atoms with Crippen molar-refractivity contribution in [1.29, 1.82) is 0 Å². The van der Waals surface area contributed by atoms with Gasteiger partial charge in [0.1, 0.15) is 6.61 Å². The Labute approximate surface area is 173 Å². The third-order valence-electron chi connectivity index (χ3n) is 3.44. The Morgan fingerprint density at radius 2 is 1.43 bits per heavy atom. The molecule has 0 unspecified atom stereocenters. The maximum Gasteiger partial charge on any atom is 0.374 e. The van der Waals surface area contributed by atoms with Gasteiger partial charge in [-0.1, -0.05) is 36.4 Å². The molecule has 0 amide bonds. The van der Waals surface area contributed by atoms with Gasteiger partial charge in [-0.05, 0) is 29.3 Å². The van der Waals surface area contributed by atoms with Crippen LogP contribution >= 0.6 is 0 Å². The van der Waals surface area contributed by atoms with Crippen LogP contribution in [0.5, 0.6) is 11.5 Å². The Morgan fingerprint density at radius 1 is 0.800 bits per heavy atom. The molecule has 0 N–H and O–H groups in total. The molecule has 0 atom stereocenters. The quantitative estimate of drug-likeness (QED) is 0.295. The summed E-state index contributed by atoms with van der Waals surface area (Å²) in [6.45, 7) is 3.52. The van der Waals surface area contributed by atoms with E-state index >= 15 is 0 Å². The van der Waals surface area contributed by atoms with E-state index in [-0.39, 0.29) is 23.9 Å². The first kappa shape index (κ1) is 22.4. The van der Waals surface area contributed by atoms with Crippen LogP contribution in [-0.2, 0) is 35.3 Å². The van der Waals surface area contributed by atoms with Crippen LogP contribution in [0, 0.1) is 0 Å². The summed E-state index contributed by atoms with van der Waals surface area (Å²) < 4.78 is 20.2. The van der Waals surface area contributed by atoms with Crippen molar-refractivity contribution in [2.24, 2.45) is 0 Å². The van der Waals surface area contributed by atoms with Gasteiger partial charge in [0.05, 0.1) is 0 Å². The Morgan fingerprint density at radius 3 is 2.03 bits per heavy atom. The third-order valence-corrected chi connectivity index (χ3v) is 3.44. The van der Waals surface area contributed by atoms with E-state index in [0.29, 0.717) is 5.56 Å². The van der Waals surface area contributed by atoms with Crippen LogP contribution in [0.3, 0.4) is 0 Å². The molecule has 8 heteroatoms. The molecule has 0 aliphatic carbocycles. The highest BCUT2D eigenvalue weighted by Crippen LogP contribution is 2.30. The van der Waals surface area contributed by atoms with Crippen LogP contribution in [0.15, 0.2) is 54.3 Å². The molecule has 0 saturated carbocycles. The maximum atomic E-state index is 12.4. The number of carbonyl (C=O) groups excluding carboxylic acids is 4. The lowest BCUT2D eigenvalue weighted by Crippen LogP contribution is -2.13. The van der Waals surface area contributed by atoms with Gasteiger partial charge in [-0.2, -0.15) is 0 Å². The van der Waals surface area contributed by atoms with Crippen molar-refractivity contribution >= 4 is 30.0 Å². The lowest BCUT2D eigenvalue weighted by atomic mass is 10.1. The van der Waals surface area contributed by atoms with Gasteiger partial charge in [0.25, 0.3) is 0 Å². The maximum absolute atomic E-state index is 12.4. The molecular weight excluding hydrogens is 392 g/mol. The monoisotopic (exact) mass is 412 g/mol. The summed E-state index contributed by atoms with van der Waals surface area (Å²) in [5, 5.41) is 0. The van der Waals surface area contributed by atoms with Gasteiger partial charge in [-0.25, -0.2) is 4.79 Å². The molecule has 2 aromatic rings. The summed E-state index contributed by atoms with van der Waals surface area (Å²) >= 11 is 0. The highest BCUT2D eigenvalue weighted by Gasteiger charge is 2.17. The molecule has 0 aliphatic rings. The third kappa shape index (κ3) is 7.23. The summed E-state index contributed by atoms with van der Waals surface area (Å²) in [5.41, 5.74) is 1.10. The molecule has 0 radical (unpaired) electrons. The van der Waals surface area contributed by atoms with Crippen molar-refractivity contribution in [3.8, 4) is 11.5 Å². The second-order valence-electron chi connectivity index (χ2n) is 6.06. The van der Waals surface area contributed by atoms with Gasteiger partial charge in [0, 0.05) is 20.8 Å². The standard InChI is InChI=1S/C22H20O8/c1-14(23)28-19-10-9-18(11-20(19)29-15(2)24)12-21(30-16(3)25)22(26)27-13-17-7-5-4-6-8-17/h4-12H,13H2,1-3H3/b21-12-. The van der Waals surface area contributed by atoms with Gasteiger partial charge in [-0.15, -0.1) is 0 Å². The first-order valence-electron chi connectivity index (χ1n) is 8.86. The second-order valence-corrected chi connectivity index (χ2v) is 6.06. The number of benzene rings is 2. The van der Waals surface area contributed by atoms with Crippen molar-refractivity contribution in [3.05, 3.63) is 65.4 Å². The van der Waals surface area contributed by atoms with E-state index in [1.165, 1.54) is 38.1 Å². The fourth-order valence-electron chi connectivity index (χ4n) is 2.32. The summed E-state index contributed by atoms with van der Waals surface area (Å²) in [6.07, 6.45) is 1.25. The van der Waals surface area contributed by atoms with Crippen molar-refractivity contribution in [2.75, 3.05) is 0 Å². The number of hydrogen-bond acceptors (Lipinski definition) is 8. The zero-order valence-electron chi connectivity index (χ0n) is 16.7. The van der Waals surface area contributed by atoms with Gasteiger partial charge >= 0.3 is 23.9 Å². The molecule has 8 nitrogen and oxygen atoms in total. The van der Waals surface area contributed by atoms with E-state index in [9.17, 15) is 19.2 Å². The average Bonchev–Trinajstić information content (AvgIpc) is 2.67. The fourth-order valence-corrected chi connectivity index (χ4v) is 2.32. The topological polar surface area (TPSA) is 105 Å². The molecule has 30 heavy (non-hydrogen) atoms. The van der Waals surface area contributed by atoms with Gasteiger partial charge < -0.3 is 18.9 Å². The van der Waals surface area contributed by atoms with Gasteiger partial charge in [0.15, 0.2) is 11.5 Å². The predicted molar refractivity (Wildman–Crippen MR) is 105 cm³/mol. The summed E-state index contributed by atoms with van der Waals surface area (Å²) in [5.74, 6) is -3.17. The molecule has 0 bridgehead atoms. The van der Waals surface area contributed by atoms with E-state index in [4.69, 9.17) is 18.9 Å². The minimum absolute atomic E-state index is 0.0115. The largest absolute Gasteiger partial charge is 0.455 e. The van der Waals surface area contributed by atoms with Crippen LogP contribution in [0.1, 0.15) is 31.9 Å². The van der Waals surface area contributed by atoms with Crippen LogP contribution in [0.4, 0.5) is 0 Å². The zero-order chi connectivity index (χ0) is 22.1. The van der Waals surface area contributed by atoms with Gasteiger partial charge in [-0.3, -0.25) is 14.4 Å². The van der Waals surface area contributed by atoms with Crippen molar-refractivity contribution in [2.45, 2.75) is 27.4 Å². The van der Waals surface area contributed by atoms with E-state index in [2.05, 4.69) is 0 Å². The first-order valence-corrected chi connectivity index (χ1v) is 8.86. The Balaban J connectivity index is 2.29. The summed E-state index contributed by atoms with van der Waals surface area (Å²) in [4.78, 5) is 46.4. The fraction of sp³-hybridized carbons (Fsp3) is 0.182. The number of carbonyl (C=O) groups is 4. The molecule has 0 spiro atoms. The lowest BCUT2D eigenvalue weighted by molar-refractivity contribution is -0.151. The number of rotatable bonds is 7. The van der Waals surface area contributed by atoms with Crippen LogP contribution in [0.25, 0.3) is 6.08 Å². The summed E-state index contributed by atoms with van der Waals surface area (Å²) in [6, 6.07) is 13.2. The highest BCUT2D eigenvalue weighted by molar-refractivity contribution is 5.94. The predicted octanol–water partition coefficient (Wildman–Crippen LogP) is 3.18. The molecule has 0 heterocycles. The Hall–Kier alpha value is -3.94. The zero-order valence-corrected chi connectivity index (χ0v) is 16.7. The minimum atomic E-state index is -0.854. The van der Waals surface area contributed by atoms with Crippen LogP contribution in [0.2, 0.25) is 0 Å². The molecule has 156 valence electrons.